The van der Waals surface area contributed by atoms with Gasteiger partial charge in [0, 0.05) is 31.1 Å². The number of carbonyl (C=O) groups excluding carboxylic acids is 1. The number of amides is 1. The van der Waals surface area contributed by atoms with E-state index in [9.17, 15) is 9.90 Å². The van der Waals surface area contributed by atoms with Gasteiger partial charge in [-0.3, -0.25) is 4.79 Å². The van der Waals surface area contributed by atoms with Gasteiger partial charge in [0.05, 0.1) is 11.7 Å². The number of aliphatic hydroxyl groups excluding tert-OH is 1. The maximum absolute atomic E-state index is 12.4. The third-order valence-corrected chi connectivity index (χ3v) is 5.22. The molecule has 24 heavy (non-hydrogen) atoms. The number of carbonyl (C=O) groups is 1. The lowest BCUT2D eigenvalue weighted by Crippen LogP contribution is -2.52. The van der Waals surface area contributed by atoms with Crippen molar-refractivity contribution in [1.29, 1.82) is 0 Å². The Balaban J connectivity index is 1.50. The number of hydrogen-bond donors (Lipinski definition) is 1. The Morgan fingerprint density at radius 2 is 2.21 bits per heavy atom. The van der Waals surface area contributed by atoms with Crippen molar-refractivity contribution in [3.63, 3.8) is 0 Å². The van der Waals surface area contributed by atoms with Gasteiger partial charge >= 0.3 is 0 Å². The molecule has 1 atom stereocenters. The minimum Gasteiger partial charge on any atom is -0.483 e. The number of likely N-dealkylation sites (tertiary alicyclic amines) is 1. The van der Waals surface area contributed by atoms with Gasteiger partial charge in [0.2, 0.25) is 0 Å². The SMILES string of the molecule is Cc1cc(Cl)ccc1OCC(=O)N1CCC2(CC1)CC(O)CCO2. The van der Waals surface area contributed by atoms with Crippen LogP contribution in [0.4, 0.5) is 0 Å². The van der Waals surface area contributed by atoms with Gasteiger partial charge in [-0.05, 0) is 49.9 Å². The number of aryl methyl sites for hydroxylation is 1. The molecule has 2 aliphatic heterocycles. The van der Waals surface area contributed by atoms with Crippen molar-refractivity contribution in [2.75, 3.05) is 26.3 Å². The Bertz CT molecular complexity index is 599. The molecule has 0 bridgehead atoms. The predicted molar refractivity (Wildman–Crippen MR) is 91.4 cm³/mol. The van der Waals surface area contributed by atoms with Crippen molar-refractivity contribution in [3.8, 4) is 5.75 Å². The Labute approximate surface area is 147 Å². The fourth-order valence-corrected chi connectivity index (χ4v) is 3.75. The molecule has 1 amide bonds. The van der Waals surface area contributed by atoms with Gasteiger partial charge in [0.15, 0.2) is 6.61 Å². The molecule has 1 aromatic rings. The minimum absolute atomic E-state index is 0.0180. The lowest BCUT2D eigenvalue weighted by molar-refractivity contribution is -0.155. The molecule has 0 aliphatic carbocycles. The molecule has 1 unspecified atom stereocenters. The van der Waals surface area contributed by atoms with Crippen LogP contribution in [-0.4, -0.2) is 53.9 Å². The van der Waals surface area contributed by atoms with Crippen LogP contribution in [0.25, 0.3) is 0 Å². The molecule has 1 spiro atoms. The molecular weight excluding hydrogens is 330 g/mol. The van der Waals surface area contributed by atoms with Crippen LogP contribution in [0.5, 0.6) is 5.75 Å². The lowest BCUT2D eigenvalue weighted by atomic mass is 9.83. The summed E-state index contributed by atoms with van der Waals surface area (Å²) in [5.74, 6) is 0.663. The van der Waals surface area contributed by atoms with E-state index >= 15 is 0 Å². The van der Waals surface area contributed by atoms with Crippen LogP contribution in [0.1, 0.15) is 31.2 Å². The second kappa shape index (κ2) is 7.30. The number of halogens is 1. The first-order valence-electron chi connectivity index (χ1n) is 8.46. The summed E-state index contributed by atoms with van der Waals surface area (Å²) in [6, 6.07) is 5.36. The number of ether oxygens (including phenoxy) is 2. The molecule has 6 heteroatoms. The van der Waals surface area contributed by atoms with Gasteiger partial charge in [0.25, 0.3) is 5.91 Å². The molecule has 2 saturated heterocycles. The molecular formula is C18H24ClNO4. The third kappa shape index (κ3) is 4.02. The van der Waals surface area contributed by atoms with Crippen LogP contribution in [0.2, 0.25) is 5.02 Å². The number of aliphatic hydroxyl groups is 1. The molecule has 1 N–H and O–H groups in total. The van der Waals surface area contributed by atoms with E-state index in [0.29, 0.717) is 43.3 Å². The van der Waals surface area contributed by atoms with Crippen molar-refractivity contribution < 1.29 is 19.4 Å². The number of benzene rings is 1. The van der Waals surface area contributed by atoms with Crippen LogP contribution in [0.3, 0.4) is 0 Å². The van der Waals surface area contributed by atoms with Gasteiger partial charge < -0.3 is 19.5 Å². The van der Waals surface area contributed by atoms with E-state index in [4.69, 9.17) is 21.1 Å². The normalized spacial score (nSPS) is 23.3. The van der Waals surface area contributed by atoms with Crippen molar-refractivity contribution in [1.82, 2.24) is 4.90 Å². The Kier molecular flexibility index (Phi) is 5.33. The van der Waals surface area contributed by atoms with E-state index < -0.39 is 0 Å². The van der Waals surface area contributed by atoms with E-state index in [-0.39, 0.29) is 24.2 Å². The van der Waals surface area contributed by atoms with E-state index in [1.807, 2.05) is 17.9 Å². The molecule has 5 nitrogen and oxygen atoms in total. The zero-order chi connectivity index (χ0) is 17.2. The third-order valence-electron chi connectivity index (χ3n) is 4.98. The second-order valence-corrected chi connectivity index (χ2v) is 7.19. The summed E-state index contributed by atoms with van der Waals surface area (Å²) in [5, 5.41) is 10.5. The Hall–Kier alpha value is -1.30. The highest BCUT2D eigenvalue weighted by Gasteiger charge is 2.40. The topological polar surface area (TPSA) is 59.0 Å². The van der Waals surface area contributed by atoms with Crippen LogP contribution >= 0.6 is 11.6 Å². The van der Waals surface area contributed by atoms with Gasteiger partial charge in [-0.1, -0.05) is 11.6 Å². The van der Waals surface area contributed by atoms with Crippen molar-refractivity contribution in [2.45, 2.75) is 44.3 Å². The summed E-state index contributed by atoms with van der Waals surface area (Å²) in [5.41, 5.74) is 0.666. The van der Waals surface area contributed by atoms with Gasteiger partial charge in [-0.25, -0.2) is 0 Å². The first-order chi connectivity index (χ1) is 11.5. The van der Waals surface area contributed by atoms with Crippen LogP contribution in [0, 0.1) is 6.92 Å². The first kappa shape index (κ1) is 17.5. The maximum Gasteiger partial charge on any atom is 0.260 e. The highest BCUT2D eigenvalue weighted by atomic mass is 35.5. The molecule has 0 aromatic heterocycles. The smallest absolute Gasteiger partial charge is 0.260 e. The van der Waals surface area contributed by atoms with Gasteiger partial charge in [0.1, 0.15) is 5.75 Å². The fraction of sp³-hybridized carbons (Fsp3) is 0.611. The average Bonchev–Trinajstić information content (AvgIpc) is 2.54. The van der Waals surface area contributed by atoms with Crippen molar-refractivity contribution in [3.05, 3.63) is 28.8 Å². The Morgan fingerprint density at radius 3 is 2.88 bits per heavy atom. The number of rotatable bonds is 3. The van der Waals surface area contributed by atoms with E-state index in [1.165, 1.54) is 0 Å². The highest BCUT2D eigenvalue weighted by Crippen LogP contribution is 2.35. The molecule has 0 radical (unpaired) electrons. The summed E-state index contributed by atoms with van der Waals surface area (Å²) in [7, 11) is 0. The van der Waals surface area contributed by atoms with Gasteiger partial charge in [-0.15, -0.1) is 0 Å². The molecule has 132 valence electrons. The Morgan fingerprint density at radius 1 is 1.46 bits per heavy atom. The number of piperidine rings is 1. The monoisotopic (exact) mass is 353 g/mol. The molecule has 2 aliphatic rings. The molecule has 1 aromatic carbocycles. The second-order valence-electron chi connectivity index (χ2n) is 6.76. The first-order valence-corrected chi connectivity index (χ1v) is 8.84. The van der Waals surface area contributed by atoms with E-state index in [1.54, 1.807) is 12.1 Å². The minimum atomic E-state index is -0.280. The number of nitrogens with zero attached hydrogens (tertiary/aromatic N) is 1. The molecule has 2 heterocycles. The zero-order valence-electron chi connectivity index (χ0n) is 14.0. The maximum atomic E-state index is 12.4. The van der Waals surface area contributed by atoms with Crippen LogP contribution in [0.15, 0.2) is 18.2 Å². The summed E-state index contributed by atoms with van der Waals surface area (Å²) in [6.45, 7) is 3.83. The fourth-order valence-electron chi connectivity index (χ4n) is 3.52. The zero-order valence-corrected chi connectivity index (χ0v) is 14.7. The summed E-state index contributed by atoms with van der Waals surface area (Å²) >= 11 is 5.92. The summed E-state index contributed by atoms with van der Waals surface area (Å²) in [4.78, 5) is 14.2. The quantitative estimate of drug-likeness (QED) is 0.907. The largest absolute Gasteiger partial charge is 0.483 e. The van der Waals surface area contributed by atoms with Crippen molar-refractivity contribution >= 4 is 17.5 Å². The standard InChI is InChI=1S/C18H24ClNO4/c1-13-10-14(19)2-3-16(13)23-12-17(22)20-7-5-18(6-8-20)11-15(21)4-9-24-18/h2-3,10,15,21H,4-9,11-12H2,1H3. The molecule has 3 rings (SSSR count). The summed E-state index contributed by atoms with van der Waals surface area (Å²) in [6.07, 6.45) is 2.65. The molecule has 2 fully saturated rings. The number of hydrogen-bond acceptors (Lipinski definition) is 4. The lowest BCUT2D eigenvalue weighted by Gasteiger charge is -2.45. The van der Waals surface area contributed by atoms with E-state index in [2.05, 4.69) is 0 Å². The summed E-state index contributed by atoms with van der Waals surface area (Å²) < 4.78 is 11.6. The van der Waals surface area contributed by atoms with E-state index in [0.717, 1.165) is 18.4 Å². The van der Waals surface area contributed by atoms with Crippen LogP contribution in [-0.2, 0) is 9.53 Å². The van der Waals surface area contributed by atoms with Crippen molar-refractivity contribution in [2.24, 2.45) is 0 Å². The predicted octanol–water partition coefficient (Wildman–Crippen LogP) is 2.56. The molecule has 0 saturated carbocycles. The van der Waals surface area contributed by atoms with Crippen LogP contribution < -0.4 is 4.74 Å². The average molecular weight is 354 g/mol. The highest BCUT2D eigenvalue weighted by molar-refractivity contribution is 6.30. The van der Waals surface area contributed by atoms with Gasteiger partial charge in [-0.2, -0.15) is 0 Å².